The van der Waals surface area contributed by atoms with Crippen LogP contribution in [0.25, 0.3) is 21.7 Å². The van der Waals surface area contributed by atoms with Crippen LogP contribution >= 0.6 is 0 Å². The van der Waals surface area contributed by atoms with Crippen molar-refractivity contribution < 1.29 is 13.9 Å². The summed E-state index contributed by atoms with van der Waals surface area (Å²) in [6.45, 7) is 0.103. The predicted octanol–water partition coefficient (Wildman–Crippen LogP) is 4.18. The zero-order chi connectivity index (χ0) is 16.5. The number of esters is 1. The number of benzene rings is 2. The summed E-state index contributed by atoms with van der Waals surface area (Å²) in [6, 6.07) is 13.1. The fraction of sp³-hybridized carbons (Fsp3) is 0.300. The van der Waals surface area contributed by atoms with Gasteiger partial charge in [0, 0.05) is 17.0 Å². The lowest BCUT2D eigenvalue weighted by Crippen LogP contribution is -2.15. The van der Waals surface area contributed by atoms with E-state index in [2.05, 4.69) is 0 Å². The molecule has 1 saturated carbocycles. The molecule has 0 aliphatic heterocycles. The molecule has 24 heavy (non-hydrogen) atoms. The molecule has 0 spiro atoms. The highest BCUT2D eigenvalue weighted by Crippen LogP contribution is 2.29. The molecule has 1 heterocycles. The van der Waals surface area contributed by atoms with Gasteiger partial charge in [0.15, 0.2) is 0 Å². The standard InChI is InChI=1S/C20H18O4/c21-18-11-15(12-23-20(22)14-6-1-2-7-14)19-16-8-4-3-5-13(16)9-10-17(19)24-18/h3-5,8-11,14H,1-2,6-7,12H2. The lowest BCUT2D eigenvalue weighted by molar-refractivity contribution is -0.149. The molecule has 2 aromatic carbocycles. The van der Waals surface area contributed by atoms with Crippen LogP contribution in [0.15, 0.2) is 51.7 Å². The van der Waals surface area contributed by atoms with Gasteiger partial charge >= 0.3 is 11.6 Å². The molecule has 1 fully saturated rings. The van der Waals surface area contributed by atoms with Gasteiger partial charge in [-0.3, -0.25) is 4.79 Å². The zero-order valence-corrected chi connectivity index (χ0v) is 13.3. The minimum absolute atomic E-state index is 0.00753. The molecule has 4 rings (SSSR count). The molecule has 0 atom stereocenters. The summed E-state index contributed by atoms with van der Waals surface area (Å²) in [5, 5.41) is 2.89. The number of ether oxygens (including phenoxy) is 1. The quantitative estimate of drug-likeness (QED) is 0.412. The first-order valence-corrected chi connectivity index (χ1v) is 8.33. The molecule has 0 N–H and O–H groups in total. The molecule has 0 unspecified atom stereocenters. The van der Waals surface area contributed by atoms with E-state index in [1.807, 2.05) is 30.3 Å². The number of carbonyl (C=O) groups is 1. The van der Waals surface area contributed by atoms with Crippen LogP contribution in [0.2, 0.25) is 0 Å². The van der Waals surface area contributed by atoms with Crippen LogP contribution < -0.4 is 5.63 Å². The maximum atomic E-state index is 12.2. The zero-order valence-electron chi connectivity index (χ0n) is 13.3. The summed E-state index contributed by atoms with van der Waals surface area (Å²) >= 11 is 0. The van der Waals surface area contributed by atoms with Crippen molar-refractivity contribution in [3.05, 3.63) is 58.4 Å². The van der Waals surface area contributed by atoms with Gasteiger partial charge in [0.25, 0.3) is 0 Å². The molecule has 0 saturated heterocycles. The van der Waals surface area contributed by atoms with Gasteiger partial charge in [-0.05, 0) is 29.7 Å². The smallest absolute Gasteiger partial charge is 0.336 e. The van der Waals surface area contributed by atoms with E-state index in [9.17, 15) is 9.59 Å². The summed E-state index contributed by atoms with van der Waals surface area (Å²) in [7, 11) is 0. The Morgan fingerprint density at radius 1 is 1.12 bits per heavy atom. The first-order chi connectivity index (χ1) is 11.7. The van der Waals surface area contributed by atoms with Gasteiger partial charge in [-0.25, -0.2) is 4.79 Å². The minimum atomic E-state index is -0.426. The van der Waals surface area contributed by atoms with E-state index >= 15 is 0 Å². The summed E-state index contributed by atoms with van der Waals surface area (Å²) in [5.41, 5.74) is 0.794. The van der Waals surface area contributed by atoms with Crippen molar-refractivity contribution in [1.29, 1.82) is 0 Å². The molecule has 1 aliphatic carbocycles. The van der Waals surface area contributed by atoms with Crippen LogP contribution in [0.1, 0.15) is 31.2 Å². The molecule has 122 valence electrons. The van der Waals surface area contributed by atoms with Gasteiger partial charge in [0.05, 0.1) is 5.92 Å². The van der Waals surface area contributed by atoms with Gasteiger partial charge in [-0.15, -0.1) is 0 Å². The molecule has 4 nitrogen and oxygen atoms in total. The summed E-state index contributed by atoms with van der Waals surface area (Å²) in [5.74, 6) is -0.151. The van der Waals surface area contributed by atoms with Crippen LogP contribution in [-0.4, -0.2) is 5.97 Å². The Morgan fingerprint density at radius 3 is 2.75 bits per heavy atom. The number of hydrogen-bond acceptors (Lipinski definition) is 4. The fourth-order valence-corrected chi connectivity index (χ4v) is 3.56. The third-order valence-corrected chi connectivity index (χ3v) is 4.77. The number of hydrogen-bond donors (Lipinski definition) is 0. The lowest BCUT2D eigenvalue weighted by atomic mass is 10.0. The third-order valence-electron chi connectivity index (χ3n) is 4.77. The van der Waals surface area contributed by atoms with Crippen LogP contribution in [0.3, 0.4) is 0 Å². The normalized spacial score (nSPS) is 15.2. The first-order valence-electron chi connectivity index (χ1n) is 8.33. The molecule has 0 amide bonds. The number of fused-ring (bicyclic) bond motifs is 3. The molecule has 0 radical (unpaired) electrons. The first kappa shape index (κ1) is 14.9. The summed E-state index contributed by atoms with van der Waals surface area (Å²) in [4.78, 5) is 24.0. The van der Waals surface area contributed by atoms with Crippen molar-refractivity contribution in [1.82, 2.24) is 0 Å². The minimum Gasteiger partial charge on any atom is -0.461 e. The molecule has 1 aliphatic rings. The Kier molecular flexibility index (Phi) is 3.81. The van der Waals surface area contributed by atoms with E-state index in [-0.39, 0.29) is 18.5 Å². The molecular weight excluding hydrogens is 304 g/mol. The van der Waals surface area contributed by atoms with E-state index in [1.165, 1.54) is 6.07 Å². The average molecular weight is 322 g/mol. The predicted molar refractivity (Wildman–Crippen MR) is 91.7 cm³/mol. The van der Waals surface area contributed by atoms with Gasteiger partial charge in [0.2, 0.25) is 0 Å². The van der Waals surface area contributed by atoms with Crippen LogP contribution in [0, 0.1) is 5.92 Å². The SMILES string of the molecule is O=C(OCc1cc(=O)oc2ccc3ccccc3c12)C1CCCC1. The lowest BCUT2D eigenvalue weighted by Gasteiger charge is -2.12. The van der Waals surface area contributed by atoms with Crippen LogP contribution in [-0.2, 0) is 16.1 Å². The van der Waals surface area contributed by atoms with Crippen molar-refractivity contribution in [2.75, 3.05) is 0 Å². The largest absolute Gasteiger partial charge is 0.461 e. The molecule has 4 heteroatoms. The molecule has 0 bridgehead atoms. The van der Waals surface area contributed by atoms with Crippen molar-refractivity contribution in [2.45, 2.75) is 32.3 Å². The van der Waals surface area contributed by atoms with E-state index in [0.717, 1.165) is 41.8 Å². The van der Waals surface area contributed by atoms with Crippen LogP contribution in [0.5, 0.6) is 0 Å². The monoisotopic (exact) mass is 322 g/mol. The molecule has 1 aromatic heterocycles. The Hall–Kier alpha value is -2.62. The Labute approximate surface area is 139 Å². The van der Waals surface area contributed by atoms with E-state index in [1.54, 1.807) is 6.07 Å². The summed E-state index contributed by atoms with van der Waals surface area (Å²) < 4.78 is 10.8. The average Bonchev–Trinajstić information content (AvgIpc) is 3.13. The van der Waals surface area contributed by atoms with Crippen molar-refractivity contribution in [2.24, 2.45) is 5.92 Å². The second-order valence-electron chi connectivity index (χ2n) is 6.34. The van der Waals surface area contributed by atoms with E-state index in [0.29, 0.717) is 11.1 Å². The topological polar surface area (TPSA) is 56.5 Å². The van der Waals surface area contributed by atoms with Gasteiger partial charge < -0.3 is 9.15 Å². The molecule has 3 aromatic rings. The second kappa shape index (κ2) is 6.11. The third kappa shape index (κ3) is 2.68. The Bertz CT molecular complexity index is 964. The highest BCUT2D eigenvalue weighted by atomic mass is 16.5. The number of rotatable bonds is 3. The van der Waals surface area contributed by atoms with Gasteiger partial charge in [-0.2, -0.15) is 0 Å². The second-order valence-corrected chi connectivity index (χ2v) is 6.34. The van der Waals surface area contributed by atoms with Crippen molar-refractivity contribution in [3.63, 3.8) is 0 Å². The number of carbonyl (C=O) groups excluding carboxylic acids is 1. The van der Waals surface area contributed by atoms with Crippen molar-refractivity contribution >= 4 is 27.7 Å². The van der Waals surface area contributed by atoms with Crippen LogP contribution in [0.4, 0.5) is 0 Å². The fourth-order valence-electron chi connectivity index (χ4n) is 3.56. The highest BCUT2D eigenvalue weighted by Gasteiger charge is 2.24. The maximum Gasteiger partial charge on any atom is 0.336 e. The molecular formula is C20H18O4. The highest BCUT2D eigenvalue weighted by molar-refractivity contribution is 6.07. The van der Waals surface area contributed by atoms with Gasteiger partial charge in [-0.1, -0.05) is 43.2 Å². The maximum absolute atomic E-state index is 12.2. The van der Waals surface area contributed by atoms with E-state index < -0.39 is 5.63 Å². The summed E-state index contributed by atoms with van der Waals surface area (Å²) in [6.07, 6.45) is 3.98. The Balaban J connectivity index is 1.74. The van der Waals surface area contributed by atoms with Gasteiger partial charge in [0.1, 0.15) is 12.2 Å². The van der Waals surface area contributed by atoms with Crippen molar-refractivity contribution in [3.8, 4) is 0 Å². The Morgan fingerprint density at radius 2 is 1.92 bits per heavy atom. The van der Waals surface area contributed by atoms with E-state index in [4.69, 9.17) is 9.15 Å².